The molecule has 1 aromatic rings. The zero-order valence-electron chi connectivity index (χ0n) is 16.4. The number of carbonyl (C=O) groups excluding carboxylic acids is 2. The van der Waals surface area contributed by atoms with Gasteiger partial charge >= 0.3 is 0 Å². The Hall–Kier alpha value is -1.00. The highest BCUT2D eigenvalue weighted by Crippen LogP contribution is 2.30. The Morgan fingerprint density at radius 3 is 2.07 bits per heavy atom. The van der Waals surface area contributed by atoms with Crippen molar-refractivity contribution in [2.45, 2.75) is 82.8 Å². The lowest BCUT2D eigenvalue weighted by Gasteiger charge is -2.15. The summed E-state index contributed by atoms with van der Waals surface area (Å²) in [5.41, 5.74) is 0.622. The molecule has 1 unspecified atom stereocenters. The van der Waals surface area contributed by atoms with Crippen molar-refractivity contribution in [3.63, 3.8) is 0 Å². The molecular formula is C22H32ClNO2S. The number of halogens is 1. The lowest BCUT2D eigenvalue weighted by atomic mass is 10.1. The van der Waals surface area contributed by atoms with Gasteiger partial charge in [0.2, 0.25) is 11.8 Å². The molecule has 0 spiro atoms. The van der Waals surface area contributed by atoms with Gasteiger partial charge in [-0.05, 0) is 36.4 Å². The highest BCUT2D eigenvalue weighted by molar-refractivity contribution is 8.00. The van der Waals surface area contributed by atoms with Crippen LogP contribution in [0.15, 0.2) is 24.3 Å². The summed E-state index contributed by atoms with van der Waals surface area (Å²) in [6.45, 7) is 2.25. The molecule has 1 heterocycles. The van der Waals surface area contributed by atoms with Gasteiger partial charge in [0.1, 0.15) is 0 Å². The van der Waals surface area contributed by atoms with E-state index in [2.05, 4.69) is 6.92 Å². The number of nitrogens with zero attached hydrogens (tertiary/aromatic N) is 1. The van der Waals surface area contributed by atoms with Gasteiger partial charge in [-0.1, -0.05) is 76.3 Å². The van der Waals surface area contributed by atoms with Gasteiger partial charge in [-0.2, -0.15) is 0 Å². The molecule has 1 atom stereocenters. The molecule has 0 saturated carbocycles. The fraction of sp³-hybridized carbons (Fsp3) is 0.636. The molecule has 5 heteroatoms. The third-order valence-corrected chi connectivity index (χ3v) is 6.55. The molecule has 0 aliphatic carbocycles. The first-order valence-electron chi connectivity index (χ1n) is 10.4. The minimum absolute atomic E-state index is 0.0839. The van der Waals surface area contributed by atoms with Crippen molar-refractivity contribution < 1.29 is 9.59 Å². The first kappa shape index (κ1) is 22.3. The van der Waals surface area contributed by atoms with E-state index in [9.17, 15) is 9.59 Å². The molecule has 0 bridgehead atoms. The molecule has 1 fully saturated rings. The summed E-state index contributed by atoms with van der Waals surface area (Å²) in [4.78, 5) is 26.1. The van der Waals surface area contributed by atoms with Crippen LogP contribution >= 0.6 is 23.4 Å². The lowest BCUT2D eigenvalue weighted by Crippen LogP contribution is -2.31. The first-order chi connectivity index (χ1) is 13.1. The van der Waals surface area contributed by atoms with Crippen LogP contribution in [0.3, 0.4) is 0 Å². The van der Waals surface area contributed by atoms with Crippen LogP contribution in [-0.4, -0.2) is 22.8 Å². The van der Waals surface area contributed by atoms with E-state index >= 15 is 0 Å². The monoisotopic (exact) mass is 409 g/mol. The van der Waals surface area contributed by atoms with E-state index in [-0.39, 0.29) is 17.1 Å². The van der Waals surface area contributed by atoms with Crippen LogP contribution in [0.5, 0.6) is 0 Å². The van der Waals surface area contributed by atoms with E-state index in [0.29, 0.717) is 17.1 Å². The predicted octanol–water partition coefficient (Wildman–Crippen LogP) is 6.63. The Morgan fingerprint density at radius 1 is 0.926 bits per heavy atom. The van der Waals surface area contributed by atoms with E-state index in [1.54, 1.807) is 36.0 Å². The molecule has 0 aromatic heterocycles. The minimum Gasteiger partial charge on any atom is -0.274 e. The normalized spacial score (nSPS) is 17.1. The third kappa shape index (κ3) is 7.50. The van der Waals surface area contributed by atoms with Gasteiger partial charge in [0.25, 0.3) is 0 Å². The van der Waals surface area contributed by atoms with Crippen molar-refractivity contribution in [3.8, 4) is 0 Å². The SMILES string of the molecule is CCCCCCCCCCCCSC1CC(=O)N(c2ccc(Cl)cc2)C1=O. The van der Waals surface area contributed by atoms with E-state index < -0.39 is 0 Å². The molecular weight excluding hydrogens is 378 g/mol. The Labute approximate surface area is 173 Å². The fourth-order valence-electron chi connectivity index (χ4n) is 3.41. The van der Waals surface area contributed by atoms with E-state index in [0.717, 1.165) is 12.2 Å². The zero-order chi connectivity index (χ0) is 19.5. The van der Waals surface area contributed by atoms with Gasteiger partial charge in [0.05, 0.1) is 10.9 Å². The summed E-state index contributed by atoms with van der Waals surface area (Å²) < 4.78 is 0. The maximum atomic E-state index is 12.6. The average molecular weight is 410 g/mol. The molecule has 0 N–H and O–H groups in total. The molecule has 1 aliphatic heterocycles. The number of unbranched alkanes of at least 4 members (excludes halogenated alkanes) is 9. The summed E-state index contributed by atoms with van der Waals surface area (Å²) in [7, 11) is 0. The zero-order valence-corrected chi connectivity index (χ0v) is 18.0. The van der Waals surface area contributed by atoms with Crippen molar-refractivity contribution in [3.05, 3.63) is 29.3 Å². The average Bonchev–Trinajstić information content (AvgIpc) is 2.94. The number of carbonyl (C=O) groups is 2. The fourth-order valence-corrected chi connectivity index (χ4v) is 4.70. The Morgan fingerprint density at radius 2 is 1.48 bits per heavy atom. The van der Waals surface area contributed by atoms with Gasteiger partial charge in [0.15, 0.2) is 0 Å². The van der Waals surface area contributed by atoms with Gasteiger partial charge in [-0.15, -0.1) is 11.8 Å². The number of anilines is 1. The number of hydrogen-bond donors (Lipinski definition) is 0. The largest absolute Gasteiger partial charge is 0.274 e. The summed E-state index contributed by atoms with van der Waals surface area (Å²) in [6, 6.07) is 6.88. The molecule has 1 aromatic carbocycles. The predicted molar refractivity (Wildman–Crippen MR) is 117 cm³/mol. The Kier molecular flexibility index (Phi) is 10.3. The van der Waals surface area contributed by atoms with Crippen LogP contribution in [-0.2, 0) is 9.59 Å². The molecule has 0 radical (unpaired) electrons. The number of benzene rings is 1. The summed E-state index contributed by atoms with van der Waals surface area (Å²) in [5, 5.41) is 0.372. The molecule has 1 aliphatic rings. The van der Waals surface area contributed by atoms with Crippen LogP contribution in [0.25, 0.3) is 0 Å². The molecule has 1 saturated heterocycles. The van der Waals surface area contributed by atoms with Crippen LogP contribution in [0.4, 0.5) is 5.69 Å². The van der Waals surface area contributed by atoms with Crippen LogP contribution in [0.2, 0.25) is 5.02 Å². The van der Waals surface area contributed by atoms with E-state index in [1.165, 1.54) is 62.7 Å². The lowest BCUT2D eigenvalue weighted by molar-refractivity contribution is -0.121. The molecule has 2 rings (SSSR count). The van der Waals surface area contributed by atoms with Crippen molar-refractivity contribution in [1.82, 2.24) is 0 Å². The molecule has 3 nitrogen and oxygen atoms in total. The molecule has 2 amide bonds. The second-order valence-electron chi connectivity index (χ2n) is 7.29. The standard InChI is InChI=1S/C22H32ClNO2S/c1-2-3-4-5-6-7-8-9-10-11-16-27-20-17-21(25)24(22(20)26)19-14-12-18(23)13-15-19/h12-15,20H,2-11,16-17H2,1H3. The molecule has 27 heavy (non-hydrogen) atoms. The van der Waals surface area contributed by atoms with Gasteiger partial charge in [0, 0.05) is 11.4 Å². The highest BCUT2D eigenvalue weighted by atomic mass is 35.5. The quantitative estimate of drug-likeness (QED) is 0.271. The summed E-state index contributed by atoms with van der Waals surface area (Å²) in [6.07, 6.45) is 13.4. The van der Waals surface area contributed by atoms with Crippen LogP contribution < -0.4 is 4.90 Å². The smallest absolute Gasteiger partial charge is 0.247 e. The van der Waals surface area contributed by atoms with Crippen LogP contribution in [0, 0.1) is 0 Å². The first-order valence-corrected chi connectivity index (χ1v) is 11.8. The summed E-state index contributed by atoms with van der Waals surface area (Å²) >= 11 is 7.52. The third-order valence-electron chi connectivity index (χ3n) is 5.01. The van der Waals surface area contributed by atoms with Crippen molar-refractivity contribution in [2.75, 3.05) is 10.7 Å². The number of rotatable bonds is 13. The second kappa shape index (κ2) is 12.5. The Balaban J connectivity index is 1.58. The van der Waals surface area contributed by atoms with E-state index in [4.69, 9.17) is 11.6 Å². The highest BCUT2D eigenvalue weighted by Gasteiger charge is 2.39. The number of thioether (sulfide) groups is 1. The van der Waals surface area contributed by atoms with Crippen molar-refractivity contribution >= 4 is 40.9 Å². The topological polar surface area (TPSA) is 37.4 Å². The summed E-state index contributed by atoms with van der Waals surface area (Å²) in [5.74, 6) is 0.761. The van der Waals surface area contributed by atoms with Crippen molar-refractivity contribution in [1.29, 1.82) is 0 Å². The maximum absolute atomic E-state index is 12.6. The second-order valence-corrected chi connectivity index (χ2v) is 9.04. The number of amides is 2. The molecule has 150 valence electrons. The minimum atomic E-state index is -0.230. The van der Waals surface area contributed by atoms with Crippen LogP contribution in [0.1, 0.15) is 77.6 Å². The number of imide groups is 1. The van der Waals surface area contributed by atoms with E-state index in [1.807, 2.05) is 0 Å². The van der Waals surface area contributed by atoms with Gasteiger partial charge in [-0.3, -0.25) is 9.59 Å². The van der Waals surface area contributed by atoms with Gasteiger partial charge in [-0.25, -0.2) is 4.90 Å². The maximum Gasteiger partial charge on any atom is 0.247 e. The van der Waals surface area contributed by atoms with Gasteiger partial charge < -0.3 is 0 Å². The number of hydrogen-bond acceptors (Lipinski definition) is 3. The van der Waals surface area contributed by atoms with Crippen molar-refractivity contribution in [2.24, 2.45) is 0 Å². The Bertz CT molecular complexity index is 590.